The second kappa shape index (κ2) is 6.36. The molecule has 1 fully saturated rings. The Labute approximate surface area is 138 Å². The van der Waals surface area contributed by atoms with Crippen LogP contribution in [0.5, 0.6) is 0 Å². The van der Waals surface area contributed by atoms with Crippen LogP contribution in [0.2, 0.25) is 0 Å². The van der Waals surface area contributed by atoms with E-state index in [0.717, 1.165) is 29.7 Å². The number of aryl methyl sites for hydroxylation is 1. The summed E-state index contributed by atoms with van der Waals surface area (Å²) in [5, 5.41) is 2.92. The van der Waals surface area contributed by atoms with Gasteiger partial charge in [0.1, 0.15) is 5.82 Å². The first kappa shape index (κ1) is 15.5. The zero-order chi connectivity index (χ0) is 16.4. The molecule has 0 bridgehead atoms. The maximum atomic E-state index is 12.5. The molecule has 1 saturated heterocycles. The minimum Gasteiger partial charge on any atom is -0.319 e. The van der Waals surface area contributed by atoms with Crippen molar-refractivity contribution in [3.8, 4) is 11.3 Å². The number of anilines is 1. The Kier molecular flexibility index (Phi) is 4.28. The van der Waals surface area contributed by atoms with Gasteiger partial charge in [-0.1, -0.05) is 13.0 Å². The number of hydrogen-bond donors (Lipinski definition) is 1. The highest BCUT2D eigenvalue weighted by atomic mass is 16.2. The third-order valence-electron chi connectivity index (χ3n) is 4.47. The number of carbonyl (C=O) groups is 1. The van der Waals surface area contributed by atoms with Gasteiger partial charge < -0.3 is 4.90 Å². The lowest BCUT2D eigenvalue weighted by Gasteiger charge is -2.46. The predicted molar refractivity (Wildman–Crippen MR) is 93.3 cm³/mol. The second-order valence-electron chi connectivity index (χ2n) is 6.08. The maximum Gasteiger partial charge on any atom is 0.323 e. The van der Waals surface area contributed by atoms with Gasteiger partial charge in [-0.25, -0.2) is 9.78 Å². The quantitative estimate of drug-likeness (QED) is 0.928. The highest BCUT2D eigenvalue weighted by molar-refractivity contribution is 5.90. The van der Waals surface area contributed by atoms with Crippen molar-refractivity contribution in [1.82, 2.24) is 14.9 Å². The largest absolute Gasteiger partial charge is 0.323 e. The SMILES string of the molecule is CCC1CC(C)N1C(=O)Nc1cc(-c2ccccn2)c(C)cn1.[HH]. The molecule has 5 heteroatoms. The molecule has 122 valence electrons. The van der Waals surface area contributed by atoms with Crippen molar-refractivity contribution in [3.63, 3.8) is 0 Å². The second-order valence-corrected chi connectivity index (χ2v) is 6.08. The van der Waals surface area contributed by atoms with Crippen molar-refractivity contribution in [2.45, 2.75) is 45.7 Å². The average molecular weight is 312 g/mol. The third-order valence-corrected chi connectivity index (χ3v) is 4.47. The van der Waals surface area contributed by atoms with Crippen LogP contribution in [-0.2, 0) is 0 Å². The van der Waals surface area contributed by atoms with E-state index < -0.39 is 0 Å². The van der Waals surface area contributed by atoms with Crippen molar-refractivity contribution in [3.05, 3.63) is 42.2 Å². The van der Waals surface area contributed by atoms with Crippen molar-refractivity contribution >= 4 is 11.8 Å². The fourth-order valence-electron chi connectivity index (χ4n) is 3.14. The van der Waals surface area contributed by atoms with Crippen molar-refractivity contribution in [2.24, 2.45) is 0 Å². The molecule has 0 aromatic carbocycles. The van der Waals surface area contributed by atoms with Crippen molar-refractivity contribution in [1.29, 1.82) is 0 Å². The van der Waals surface area contributed by atoms with Gasteiger partial charge in [-0.05, 0) is 50.5 Å². The molecule has 1 N–H and O–H groups in total. The van der Waals surface area contributed by atoms with Crippen LogP contribution in [0.1, 0.15) is 33.7 Å². The zero-order valence-corrected chi connectivity index (χ0v) is 13.8. The van der Waals surface area contributed by atoms with E-state index in [4.69, 9.17) is 0 Å². The molecule has 1 aliphatic heterocycles. The summed E-state index contributed by atoms with van der Waals surface area (Å²) in [6.07, 6.45) is 5.60. The molecule has 2 aromatic rings. The van der Waals surface area contributed by atoms with Gasteiger partial charge in [-0.2, -0.15) is 0 Å². The Morgan fingerprint density at radius 3 is 2.91 bits per heavy atom. The van der Waals surface area contributed by atoms with E-state index in [1.165, 1.54) is 0 Å². The van der Waals surface area contributed by atoms with Crippen LogP contribution >= 0.6 is 0 Å². The van der Waals surface area contributed by atoms with Gasteiger partial charge in [0.25, 0.3) is 0 Å². The van der Waals surface area contributed by atoms with Crippen LogP contribution in [0.25, 0.3) is 11.3 Å². The number of urea groups is 1. The van der Waals surface area contributed by atoms with Crippen LogP contribution in [0, 0.1) is 6.92 Å². The van der Waals surface area contributed by atoms with Gasteiger partial charge in [0, 0.05) is 31.5 Å². The monoisotopic (exact) mass is 312 g/mol. The lowest BCUT2D eigenvalue weighted by molar-refractivity contribution is 0.0688. The number of nitrogens with zero attached hydrogens (tertiary/aromatic N) is 3. The lowest BCUT2D eigenvalue weighted by atomic mass is 9.93. The normalized spacial score (nSPS) is 20.0. The molecule has 3 heterocycles. The van der Waals surface area contributed by atoms with Gasteiger partial charge in [0.2, 0.25) is 0 Å². The van der Waals surface area contributed by atoms with Gasteiger partial charge >= 0.3 is 6.03 Å². The summed E-state index contributed by atoms with van der Waals surface area (Å²) in [6, 6.07) is 8.25. The molecule has 3 rings (SSSR count). The number of aromatic nitrogens is 2. The van der Waals surface area contributed by atoms with E-state index in [2.05, 4.69) is 29.1 Å². The molecule has 0 radical (unpaired) electrons. The van der Waals surface area contributed by atoms with Gasteiger partial charge in [0.05, 0.1) is 5.69 Å². The van der Waals surface area contributed by atoms with Crippen molar-refractivity contribution < 1.29 is 6.22 Å². The molecule has 2 unspecified atom stereocenters. The Morgan fingerprint density at radius 1 is 1.43 bits per heavy atom. The Morgan fingerprint density at radius 2 is 2.26 bits per heavy atom. The number of pyridine rings is 2. The number of nitrogens with one attached hydrogen (secondary N) is 1. The number of likely N-dealkylation sites (tertiary alicyclic amines) is 1. The molecule has 5 nitrogen and oxygen atoms in total. The molecule has 0 aliphatic carbocycles. The van der Waals surface area contributed by atoms with Crippen LogP contribution < -0.4 is 5.32 Å². The summed E-state index contributed by atoms with van der Waals surface area (Å²) < 4.78 is 0. The fourth-order valence-corrected chi connectivity index (χ4v) is 3.14. The summed E-state index contributed by atoms with van der Waals surface area (Å²) in [5.41, 5.74) is 2.90. The molecular weight excluding hydrogens is 288 g/mol. The minimum atomic E-state index is -0.0704. The standard InChI is InChI=1S/C18H22N4O.H2/c1-4-14-9-13(3)22(14)18(23)21-17-10-15(12(2)11-20-17)16-7-5-6-8-19-16;/h5-8,10-11,13-14H,4,9H2,1-3H3,(H,20,21,23);1H. The number of hydrogen-bond acceptors (Lipinski definition) is 3. The smallest absolute Gasteiger partial charge is 0.319 e. The van der Waals surface area contributed by atoms with E-state index >= 15 is 0 Å². The lowest BCUT2D eigenvalue weighted by Crippen LogP contribution is -2.58. The average Bonchev–Trinajstić information content (AvgIpc) is 2.54. The highest BCUT2D eigenvalue weighted by Crippen LogP contribution is 2.29. The van der Waals surface area contributed by atoms with E-state index in [-0.39, 0.29) is 7.46 Å². The molecule has 0 saturated carbocycles. The van der Waals surface area contributed by atoms with Gasteiger partial charge in [-0.3, -0.25) is 10.3 Å². The first-order chi connectivity index (χ1) is 11.1. The predicted octanol–water partition coefficient (Wildman–Crippen LogP) is 4.10. The number of rotatable bonds is 3. The fraction of sp³-hybridized carbons (Fsp3) is 0.389. The van der Waals surface area contributed by atoms with E-state index in [1.807, 2.05) is 36.1 Å². The first-order valence-electron chi connectivity index (χ1n) is 8.07. The highest BCUT2D eigenvalue weighted by Gasteiger charge is 2.37. The summed E-state index contributed by atoms with van der Waals surface area (Å²) in [7, 11) is 0. The summed E-state index contributed by atoms with van der Waals surface area (Å²) in [6.45, 7) is 6.18. The molecule has 2 aromatic heterocycles. The van der Waals surface area contributed by atoms with Crippen molar-refractivity contribution in [2.75, 3.05) is 5.32 Å². The maximum absolute atomic E-state index is 12.5. The Balaban J connectivity index is 0.00000208. The molecule has 2 atom stereocenters. The summed E-state index contributed by atoms with van der Waals surface area (Å²) in [5.74, 6) is 0.565. The van der Waals surface area contributed by atoms with Gasteiger partial charge in [0.15, 0.2) is 0 Å². The number of carbonyl (C=O) groups excluding carboxylic acids is 1. The molecule has 2 amide bonds. The molecule has 23 heavy (non-hydrogen) atoms. The first-order valence-corrected chi connectivity index (χ1v) is 8.07. The van der Waals surface area contributed by atoms with Crippen LogP contribution in [-0.4, -0.2) is 33.0 Å². The van der Waals surface area contributed by atoms with Crippen LogP contribution in [0.4, 0.5) is 10.6 Å². The topological polar surface area (TPSA) is 58.1 Å². The molecular formula is C18H24N4O. The Hall–Kier alpha value is -2.43. The van der Waals surface area contributed by atoms with E-state index in [1.54, 1.807) is 12.4 Å². The minimum absolute atomic E-state index is 0. The molecule has 0 spiro atoms. The van der Waals surface area contributed by atoms with E-state index in [9.17, 15) is 4.79 Å². The summed E-state index contributed by atoms with van der Waals surface area (Å²) in [4.78, 5) is 23.1. The Bertz CT molecular complexity index is 707. The van der Waals surface area contributed by atoms with Gasteiger partial charge in [-0.15, -0.1) is 0 Å². The van der Waals surface area contributed by atoms with Crippen LogP contribution in [0.15, 0.2) is 36.7 Å². The van der Waals surface area contributed by atoms with Crippen LogP contribution in [0.3, 0.4) is 0 Å². The number of amides is 2. The summed E-state index contributed by atoms with van der Waals surface area (Å²) >= 11 is 0. The van der Waals surface area contributed by atoms with E-state index in [0.29, 0.717) is 17.9 Å². The third kappa shape index (κ3) is 3.04. The molecule has 1 aliphatic rings. The zero-order valence-electron chi connectivity index (χ0n) is 13.8.